The Morgan fingerprint density at radius 2 is 1.13 bits per heavy atom. The van der Waals surface area contributed by atoms with Crippen molar-refractivity contribution in [2.45, 2.75) is 88.9 Å². The number of nitrogens with zero attached hydrogens (tertiary/aromatic N) is 1. The van der Waals surface area contributed by atoms with Crippen molar-refractivity contribution in [1.82, 2.24) is 0 Å². The van der Waals surface area contributed by atoms with Crippen molar-refractivity contribution in [2.75, 3.05) is 4.90 Å². The molecule has 2 nitrogen and oxygen atoms in total. The van der Waals surface area contributed by atoms with Crippen molar-refractivity contribution in [3.63, 3.8) is 0 Å². The smallest absolute Gasteiger partial charge is 0.131 e. The summed E-state index contributed by atoms with van der Waals surface area (Å²) >= 11 is 0. The van der Waals surface area contributed by atoms with E-state index in [4.69, 9.17) is 4.74 Å². The summed E-state index contributed by atoms with van der Waals surface area (Å²) in [6, 6.07) is 48.3. The maximum atomic E-state index is 6.75. The lowest BCUT2D eigenvalue weighted by Gasteiger charge is -2.63. The summed E-state index contributed by atoms with van der Waals surface area (Å²) in [5.74, 6) is 5.35. The highest BCUT2D eigenvalue weighted by Crippen LogP contribution is 2.69. The molecule has 0 atom stereocenters. The molecule has 6 aromatic rings. The van der Waals surface area contributed by atoms with E-state index >= 15 is 0 Å². The first-order valence-electron chi connectivity index (χ1n) is 20.6. The summed E-state index contributed by atoms with van der Waals surface area (Å²) < 4.78 is 6.75. The van der Waals surface area contributed by atoms with Crippen molar-refractivity contribution in [3.8, 4) is 22.6 Å². The van der Waals surface area contributed by atoms with Crippen molar-refractivity contribution >= 4 is 27.8 Å². The minimum atomic E-state index is 0.0490. The first-order valence-corrected chi connectivity index (χ1v) is 20.6. The molecule has 0 N–H and O–H groups in total. The highest BCUT2D eigenvalue weighted by molar-refractivity contribution is 5.90. The Morgan fingerprint density at radius 1 is 0.500 bits per heavy atom. The van der Waals surface area contributed by atoms with E-state index < -0.39 is 0 Å². The van der Waals surface area contributed by atoms with Crippen LogP contribution in [-0.2, 0) is 16.2 Å². The highest BCUT2D eigenvalue weighted by atomic mass is 16.5. The Kier molecular flexibility index (Phi) is 7.00. The molecule has 0 unspecified atom stereocenters. The molecule has 270 valence electrons. The minimum absolute atomic E-state index is 0.0490. The van der Waals surface area contributed by atoms with Gasteiger partial charge in [0.1, 0.15) is 11.5 Å². The zero-order chi connectivity index (χ0) is 36.4. The second-order valence-corrected chi connectivity index (χ2v) is 18.9. The van der Waals surface area contributed by atoms with Gasteiger partial charge in [0, 0.05) is 27.9 Å². The second kappa shape index (κ2) is 11.6. The monoisotopic (exact) mass is 705 g/mol. The second-order valence-electron chi connectivity index (χ2n) is 18.9. The van der Waals surface area contributed by atoms with E-state index in [-0.39, 0.29) is 16.2 Å². The predicted octanol–water partition coefficient (Wildman–Crippen LogP) is 14.2. The van der Waals surface area contributed by atoms with Crippen LogP contribution in [-0.4, -0.2) is 0 Å². The third-order valence-electron chi connectivity index (χ3n) is 14.9. The third-order valence-corrected chi connectivity index (χ3v) is 14.9. The van der Waals surface area contributed by atoms with Gasteiger partial charge in [0.05, 0.1) is 5.69 Å². The number of rotatable bonds is 4. The Balaban J connectivity index is 1.04. The fourth-order valence-corrected chi connectivity index (χ4v) is 12.5. The molecule has 0 amide bonds. The topological polar surface area (TPSA) is 12.5 Å². The molecule has 4 bridgehead atoms. The number of benzene rings is 6. The van der Waals surface area contributed by atoms with Crippen LogP contribution in [0.1, 0.15) is 94.9 Å². The van der Waals surface area contributed by atoms with Gasteiger partial charge in [0.15, 0.2) is 0 Å². The molecule has 6 aromatic carbocycles. The minimum Gasteiger partial charge on any atom is -0.457 e. The molecule has 4 saturated carbocycles. The molecular weight excluding hydrogens is 655 g/mol. The molecule has 0 aromatic heterocycles. The zero-order valence-corrected chi connectivity index (χ0v) is 32.2. The quantitative estimate of drug-likeness (QED) is 0.181. The molecule has 1 heterocycles. The molecule has 12 rings (SSSR count). The van der Waals surface area contributed by atoms with Gasteiger partial charge in [-0.1, -0.05) is 107 Å². The molecule has 2 heteroatoms. The number of ether oxygens (including phenoxy) is 1. The number of anilines is 3. The standard InChI is InChI=1S/C52H51NO/c1-50(2)24-25-51(3,4)49-44(50)13-9-14-46(49)53(42-22-18-35-10-5-6-11-37(35)31-42)41-20-16-36(17-21-41)38-19-23-48-45(32-38)52(43-12-7-8-15-47(43)54-48)39-27-33-26-34(29-39)30-40(52)28-33/h5-23,31-34,39-40H,24-30H2,1-4H3. The number of fused-ring (bicyclic) bond motifs is 4. The SMILES string of the molecule is CC1(C)CCC(C)(C)c2c(N(c3ccc(-c4ccc5c(c4)C4(c6ccccc6O5)C5CC6CC(C5)CC4C6)cc3)c3ccc4ccccc4c3)cccc21. The van der Waals surface area contributed by atoms with Crippen molar-refractivity contribution < 1.29 is 4.74 Å². The van der Waals surface area contributed by atoms with Gasteiger partial charge in [0.2, 0.25) is 0 Å². The third kappa shape index (κ3) is 4.71. The first-order chi connectivity index (χ1) is 26.2. The van der Waals surface area contributed by atoms with Crippen LogP contribution in [0.5, 0.6) is 11.5 Å². The molecule has 54 heavy (non-hydrogen) atoms. The first kappa shape index (κ1) is 32.6. The highest BCUT2D eigenvalue weighted by Gasteiger charge is 2.61. The Hall–Kier alpha value is -4.82. The molecule has 1 spiro atoms. The normalized spacial score (nSPS) is 26.5. The summed E-state index contributed by atoms with van der Waals surface area (Å²) in [6.45, 7) is 9.74. The average Bonchev–Trinajstić information content (AvgIpc) is 3.18. The van der Waals surface area contributed by atoms with Crippen LogP contribution < -0.4 is 9.64 Å². The van der Waals surface area contributed by atoms with E-state index in [9.17, 15) is 0 Å². The van der Waals surface area contributed by atoms with Gasteiger partial charge in [-0.15, -0.1) is 0 Å². The van der Waals surface area contributed by atoms with Gasteiger partial charge in [-0.05, 0) is 161 Å². The van der Waals surface area contributed by atoms with Gasteiger partial charge in [-0.25, -0.2) is 0 Å². The lowest BCUT2D eigenvalue weighted by Crippen LogP contribution is -2.56. The fourth-order valence-electron chi connectivity index (χ4n) is 12.5. The zero-order valence-electron chi connectivity index (χ0n) is 32.2. The average molecular weight is 706 g/mol. The lowest BCUT2D eigenvalue weighted by molar-refractivity contribution is -0.0452. The van der Waals surface area contributed by atoms with Gasteiger partial charge in [0.25, 0.3) is 0 Å². The summed E-state index contributed by atoms with van der Waals surface area (Å²) in [7, 11) is 0. The molecule has 6 aliphatic rings. The largest absolute Gasteiger partial charge is 0.457 e. The maximum absolute atomic E-state index is 6.75. The Morgan fingerprint density at radius 3 is 1.91 bits per heavy atom. The van der Waals surface area contributed by atoms with Crippen LogP contribution in [0.4, 0.5) is 17.1 Å². The summed E-state index contributed by atoms with van der Waals surface area (Å²) in [5.41, 5.74) is 12.3. The summed E-state index contributed by atoms with van der Waals surface area (Å²) in [5, 5.41) is 2.53. The van der Waals surface area contributed by atoms with Gasteiger partial charge < -0.3 is 9.64 Å². The van der Waals surface area contributed by atoms with E-state index in [0.29, 0.717) is 11.8 Å². The van der Waals surface area contributed by atoms with Crippen molar-refractivity contribution in [3.05, 3.63) is 150 Å². The van der Waals surface area contributed by atoms with Crippen LogP contribution >= 0.6 is 0 Å². The van der Waals surface area contributed by atoms with Gasteiger partial charge in [-0.2, -0.15) is 0 Å². The van der Waals surface area contributed by atoms with Gasteiger partial charge >= 0.3 is 0 Å². The van der Waals surface area contributed by atoms with E-state index in [1.807, 2.05) is 0 Å². The maximum Gasteiger partial charge on any atom is 0.131 e. The van der Waals surface area contributed by atoms with Crippen LogP contribution in [0.3, 0.4) is 0 Å². The molecule has 0 radical (unpaired) electrons. The van der Waals surface area contributed by atoms with Crippen molar-refractivity contribution in [2.24, 2.45) is 23.7 Å². The van der Waals surface area contributed by atoms with E-state index in [0.717, 1.165) is 23.3 Å². The molecule has 4 fully saturated rings. The molecule has 5 aliphatic carbocycles. The van der Waals surface area contributed by atoms with Crippen LogP contribution in [0, 0.1) is 23.7 Å². The van der Waals surface area contributed by atoms with Gasteiger partial charge in [-0.3, -0.25) is 0 Å². The fraction of sp³-hybridized carbons (Fsp3) is 0.346. The summed E-state index contributed by atoms with van der Waals surface area (Å²) in [6.07, 6.45) is 9.28. The molecular formula is C52H51NO. The van der Waals surface area contributed by atoms with Crippen LogP contribution in [0.25, 0.3) is 21.9 Å². The van der Waals surface area contributed by atoms with Crippen molar-refractivity contribution in [1.29, 1.82) is 0 Å². The van der Waals surface area contributed by atoms with E-state index in [1.165, 1.54) is 106 Å². The molecule has 1 aliphatic heterocycles. The predicted molar refractivity (Wildman–Crippen MR) is 224 cm³/mol. The number of hydrogen-bond donors (Lipinski definition) is 0. The van der Waals surface area contributed by atoms with Crippen LogP contribution in [0.15, 0.2) is 127 Å². The summed E-state index contributed by atoms with van der Waals surface area (Å²) in [4.78, 5) is 2.53. The van der Waals surface area contributed by atoms with E-state index in [1.54, 1.807) is 0 Å². The lowest BCUT2D eigenvalue weighted by atomic mass is 9.41. The number of hydrogen-bond acceptors (Lipinski definition) is 2. The molecule has 0 saturated heterocycles. The van der Waals surface area contributed by atoms with Crippen LogP contribution in [0.2, 0.25) is 0 Å². The van der Waals surface area contributed by atoms with E-state index in [2.05, 4.69) is 160 Å². The Bertz CT molecular complexity index is 2420. The Labute approximate surface area is 321 Å². The number of para-hydroxylation sites is 1.